The quantitative estimate of drug-likeness (QED) is 0.304. The second-order valence-electron chi connectivity index (χ2n) is 7.74. The summed E-state index contributed by atoms with van der Waals surface area (Å²) in [4.78, 5) is 25.7. The molecule has 0 radical (unpaired) electrons. The Morgan fingerprint density at radius 3 is 2.58 bits per heavy atom. The summed E-state index contributed by atoms with van der Waals surface area (Å²) in [6.07, 6.45) is -0.833. The molecule has 0 unspecified atom stereocenters. The molecule has 0 saturated heterocycles. The van der Waals surface area contributed by atoms with E-state index in [0.29, 0.717) is 23.5 Å². The lowest BCUT2D eigenvalue weighted by Crippen LogP contribution is -2.16. The molecule has 184 valence electrons. The van der Waals surface area contributed by atoms with Gasteiger partial charge in [0.15, 0.2) is 0 Å². The second-order valence-corrected chi connectivity index (χ2v) is 7.74. The van der Waals surface area contributed by atoms with Crippen molar-refractivity contribution < 1.29 is 27.1 Å². The summed E-state index contributed by atoms with van der Waals surface area (Å²) in [6.45, 7) is 3.15. The second kappa shape index (κ2) is 10.1. The standard InChI is InChI=1S/C26H20F4N4O2/c1-3-23-31-13-11-22(33-23)17-6-5-12-32-25(17)36-16-9-10-20(27)18(14-16)24(35)34-21-8-4-7-19(15(21)2)26(28,29)30/h4-14H,3H2,1-2H3,(H,34,35). The first-order valence-corrected chi connectivity index (χ1v) is 10.9. The van der Waals surface area contributed by atoms with Gasteiger partial charge in [-0.1, -0.05) is 13.0 Å². The summed E-state index contributed by atoms with van der Waals surface area (Å²) in [7, 11) is 0. The highest BCUT2D eigenvalue weighted by molar-refractivity contribution is 6.05. The van der Waals surface area contributed by atoms with Gasteiger partial charge in [-0.3, -0.25) is 4.79 Å². The number of nitrogens with one attached hydrogen (secondary N) is 1. The Hall–Kier alpha value is -4.34. The van der Waals surface area contributed by atoms with E-state index in [0.717, 1.165) is 18.2 Å². The predicted molar refractivity (Wildman–Crippen MR) is 125 cm³/mol. The number of carbonyl (C=O) groups excluding carboxylic acids is 1. The van der Waals surface area contributed by atoms with Crippen LogP contribution in [0.2, 0.25) is 0 Å². The molecule has 0 aliphatic rings. The fourth-order valence-electron chi connectivity index (χ4n) is 3.51. The zero-order chi connectivity index (χ0) is 25.9. The molecule has 1 amide bonds. The van der Waals surface area contributed by atoms with Crippen LogP contribution in [0.25, 0.3) is 11.3 Å². The zero-order valence-electron chi connectivity index (χ0n) is 19.2. The molecular weight excluding hydrogens is 476 g/mol. The first-order valence-electron chi connectivity index (χ1n) is 10.9. The number of carbonyl (C=O) groups is 1. The summed E-state index contributed by atoms with van der Waals surface area (Å²) >= 11 is 0. The van der Waals surface area contributed by atoms with Crippen molar-refractivity contribution in [2.24, 2.45) is 0 Å². The molecule has 2 aromatic heterocycles. The van der Waals surface area contributed by atoms with Crippen LogP contribution >= 0.6 is 0 Å². The fourth-order valence-corrected chi connectivity index (χ4v) is 3.51. The van der Waals surface area contributed by atoms with Gasteiger partial charge < -0.3 is 10.1 Å². The molecule has 4 aromatic rings. The average Bonchev–Trinajstić information content (AvgIpc) is 2.86. The Kier molecular flexibility index (Phi) is 6.96. The Morgan fingerprint density at radius 2 is 1.83 bits per heavy atom. The van der Waals surface area contributed by atoms with Gasteiger partial charge in [0.1, 0.15) is 17.4 Å². The van der Waals surface area contributed by atoms with E-state index in [-0.39, 0.29) is 22.9 Å². The van der Waals surface area contributed by atoms with Crippen LogP contribution in [-0.4, -0.2) is 20.9 Å². The number of nitrogens with zero attached hydrogens (tertiary/aromatic N) is 3. The number of hydrogen-bond acceptors (Lipinski definition) is 5. The van der Waals surface area contributed by atoms with E-state index in [4.69, 9.17) is 4.74 Å². The molecule has 0 fully saturated rings. The number of amides is 1. The van der Waals surface area contributed by atoms with Crippen LogP contribution in [0, 0.1) is 12.7 Å². The molecule has 0 atom stereocenters. The first kappa shape index (κ1) is 24.8. The molecule has 2 heterocycles. The Morgan fingerprint density at radius 1 is 1.03 bits per heavy atom. The van der Waals surface area contributed by atoms with Gasteiger partial charge in [-0.25, -0.2) is 19.3 Å². The number of benzene rings is 2. The van der Waals surface area contributed by atoms with Crippen LogP contribution in [0.3, 0.4) is 0 Å². The molecule has 6 nitrogen and oxygen atoms in total. The van der Waals surface area contributed by atoms with Crippen LogP contribution in [0.5, 0.6) is 11.6 Å². The molecule has 1 N–H and O–H groups in total. The smallest absolute Gasteiger partial charge is 0.416 e. The Labute approximate surface area is 204 Å². The number of halogens is 4. The summed E-state index contributed by atoms with van der Waals surface area (Å²) in [6, 6.07) is 12.0. The number of ether oxygens (including phenoxy) is 1. The van der Waals surface area contributed by atoms with Crippen LogP contribution < -0.4 is 10.1 Å². The Bertz CT molecular complexity index is 1420. The minimum Gasteiger partial charge on any atom is -0.438 e. The third kappa shape index (κ3) is 5.32. The molecule has 36 heavy (non-hydrogen) atoms. The highest BCUT2D eigenvalue weighted by Gasteiger charge is 2.33. The number of aryl methyl sites for hydroxylation is 1. The van der Waals surface area contributed by atoms with Crippen LogP contribution in [0.15, 0.2) is 67.0 Å². The van der Waals surface area contributed by atoms with Gasteiger partial charge in [-0.05, 0) is 61.0 Å². The van der Waals surface area contributed by atoms with E-state index in [9.17, 15) is 22.4 Å². The van der Waals surface area contributed by atoms with Crippen molar-refractivity contribution in [3.63, 3.8) is 0 Å². The number of aromatic nitrogens is 3. The van der Waals surface area contributed by atoms with Crippen LogP contribution in [-0.2, 0) is 12.6 Å². The van der Waals surface area contributed by atoms with Gasteiger partial charge in [0.25, 0.3) is 5.91 Å². The highest BCUT2D eigenvalue weighted by atomic mass is 19.4. The van der Waals surface area contributed by atoms with Crippen LogP contribution in [0.1, 0.15) is 34.2 Å². The maximum atomic E-state index is 14.5. The summed E-state index contributed by atoms with van der Waals surface area (Å²) in [5, 5.41) is 2.35. The van der Waals surface area contributed by atoms with Gasteiger partial charge in [0.05, 0.1) is 22.4 Å². The SMILES string of the molecule is CCc1nccc(-c2cccnc2Oc2ccc(F)c(C(=O)Nc3cccc(C(F)(F)F)c3C)c2)n1. The summed E-state index contributed by atoms with van der Waals surface area (Å²) in [5.41, 5.74) is -0.424. The molecule has 4 rings (SSSR count). The van der Waals surface area contributed by atoms with E-state index in [1.165, 1.54) is 31.3 Å². The van der Waals surface area contributed by atoms with Crippen LogP contribution in [0.4, 0.5) is 23.2 Å². The monoisotopic (exact) mass is 496 g/mol. The van der Waals surface area contributed by atoms with Gasteiger partial charge in [-0.2, -0.15) is 13.2 Å². The molecule has 0 saturated carbocycles. The maximum absolute atomic E-state index is 14.5. The highest BCUT2D eigenvalue weighted by Crippen LogP contribution is 2.35. The first-order chi connectivity index (χ1) is 17.2. The lowest BCUT2D eigenvalue weighted by atomic mass is 10.1. The topological polar surface area (TPSA) is 77.0 Å². The van der Waals surface area contributed by atoms with Gasteiger partial charge in [-0.15, -0.1) is 0 Å². The largest absolute Gasteiger partial charge is 0.438 e. The van der Waals surface area contributed by atoms with Crippen molar-refractivity contribution in [1.82, 2.24) is 15.0 Å². The van der Waals surface area contributed by atoms with Crippen molar-refractivity contribution >= 4 is 11.6 Å². The number of anilines is 1. The molecule has 0 spiro atoms. The van der Waals surface area contributed by atoms with Crippen molar-refractivity contribution in [3.8, 4) is 22.9 Å². The van der Waals surface area contributed by atoms with Crippen molar-refractivity contribution in [2.45, 2.75) is 26.4 Å². The molecule has 10 heteroatoms. The molecule has 0 aliphatic carbocycles. The average molecular weight is 496 g/mol. The van der Waals surface area contributed by atoms with Crippen molar-refractivity contribution in [3.05, 3.63) is 95.3 Å². The van der Waals surface area contributed by atoms with E-state index in [1.807, 2.05) is 6.92 Å². The summed E-state index contributed by atoms with van der Waals surface area (Å²) < 4.78 is 60.0. The number of hydrogen-bond donors (Lipinski definition) is 1. The normalized spacial score (nSPS) is 11.3. The lowest BCUT2D eigenvalue weighted by molar-refractivity contribution is -0.138. The maximum Gasteiger partial charge on any atom is 0.416 e. The van der Waals surface area contributed by atoms with E-state index < -0.39 is 29.0 Å². The molecular formula is C26H20F4N4O2. The minimum atomic E-state index is -4.59. The van der Waals surface area contributed by atoms with E-state index in [1.54, 1.807) is 24.4 Å². The lowest BCUT2D eigenvalue weighted by Gasteiger charge is -2.15. The molecule has 0 bridgehead atoms. The predicted octanol–water partition coefficient (Wildman–Crippen LogP) is 6.61. The van der Waals surface area contributed by atoms with E-state index >= 15 is 0 Å². The number of pyridine rings is 1. The van der Waals surface area contributed by atoms with E-state index in [2.05, 4.69) is 20.3 Å². The fraction of sp³-hybridized carbons (Fsp3) is 0.154. The molecule has 0 aliphatic heterocycles. The third-order valence-corrected chi connectivity index (χ3v) is 5.35. The number of alkyl halides is 3. The minimum absolute atomic E-state index is 0.0805. The third-order valence-electron chi connectivity index (χ3n) is 5.35. The zero-order valence-corrected chi connectivity index (χ0v) is 19.2. The van der Waals surface area contributed by atoms with Gasteiger partial charge in [0, 0.05) is 24.5 Å². The number of rotatable bonds is 6. The summed E-state index contributed by atoms with van der Waals surface area (Å²) in [5.74, 6) is -0.885. The van der Waals surface area contributed by atoms with Gasteiger partial charge in [0.2, 0.25) is 5.88 Å². The van der Waals surface area contributed by atoms with Crippen molar-refractivity contribution in [2.75, 3.05) is 5.32 Å². The van der Waals surface area contributed by atoms with Gasteiger partial charge >= 0.3 is 6.18 Å². The van der Waals surface area contributed by atoms with Crippen molar-refractivity contribution in [1.29, 1.82) is 0 Å². The Balaban J connectivity index is 1.62. The molecule has 2 aromatic carbocycles.